The van der Waals surface area contributed by atoms with Gasteiger partial charge in [0.1, 0.15) is 17.6 Å². The first-order chi connectivity index (χ1) is 15.1. The minimum Gasteiger partial charge on any atom is -0.442 e. The molecule has 4 heterocycles. The number of hydrogen-bond donors (Lipinski definition) is 0. The maximum atomic E-state index is 14.9. The summed E-state index contributed by atoms with van der Waals surface area (Å²) in [7, 11) is 1.71. The van der Waals surface area contributed by atoms with Crippen LogP contribution in [-0.2, 0) is 18.3 Å². The van der Waals surface area contributed by atoms with Gasteiger partial charge in [-0.15, -0.1) is 10.2 Å². The number of halogens is 1. The van der Waals surface area contributed by atoms with Crippen molar-refractivity contribution < 1.29 is 13.9 Å². The maximum Gasteiger partial charge on any atom is 0.414 e. The van der Waals surface area contributed by atoms with Crippen molar-refractivity contribution in [2.45, 2.75) is 12.6 Å². The third kappa shape index (κ3) is 3.58. The highest BCUT2D eigenvalue weighted by molar-refractivity contribution is 5.90. The first-order valence-electron chi connectivity index (χ1n) is 9.39. The van der Waals surface area contributed by atoms with Gasteiger partial charge in [0.2, 0.25) is 0 Å². The fourth-order valence-corrected chi connectivity index (χ4v) is 3.40. The van der Waals surface area contributed by atoms with Crippen molar-refractivity contribution >= 4 is 11.8 Å². The molecule has 1 aliphatic rings. The topological polar surface area (TPSA) is 117 Å². The molecule has 0 radical (unpaired) electrons. The van der Waals surface area contributed by atoms with E-state index in [-0.39, 0.29) is 0 Å². The number of carbonyl (C=O) groups excluding carboxylic acids is 1. The maximum absolute atomic E-state index is 14.9. The van der Waals surface area contributed by atoms with Crippen molar-refractivity contribution in [1.29, 1.82) is 0 Å². The number of carbonyl (C=O) groups is 1. The van der Waals surface area contributed by atoms with Crippen molar-refractivity contribution in [2.24, 2.45) is 7.05 Å². The van der Waals surface area contributed by atoms with E-state index in [0.717, 1.165) is 0 Å². The Bertz CT molecular complexity index is 1220. The average molecular weight is 421 g/mol. The fourth-order valence-electron chi connectivity index (χ4n) is 3.40. The number of ether oxygens (including phenoxy) is 1. The molecule has 11 nitrogen and oxygen atoms in total. The molecule has 1 amide bonds. The van der Waals surface area contributed by atoms with Crippen LogP contribution in [0.15, 0.2) is 48.9 Å². The van der Waals surface area contributed by atoms with Crippen molar-refractivity contribution in [3.8, 4) is 22.6 Å². The lowest BCUT2D eigenvalue weighted by Gasteiger charge is -2.14. The summed E-state index contributed by atoms with van der Waals surface area (Å²) in [4.78, 5) is 18.0. The minimum atomic E-state index is -0.527. The first-order valence-corrected chi connectivity index (χ1v) is 9.39. The molecule has 1 unspecified atom stereocenters. The van der Waals surface area contributed by atoms with Gasteiger partial charge in [-0.1, -0.05) is 11.3 Å². The number of hydrogen-bond acceptors (Lipinski definition) is 8. The number of aromatic nitrogens is 8. The smallest absolute Gasteiger partial charge is 0.414 e. The van der Waals surface area contributed by atoms with E-state index < -0.39 is 18.0 Å². The predicted molar refractivity (Wildman–Crippen MR) is 105 cm³/mol. The van der Waals surface area contributed by atoms with E-state index in [2.05, 4.69) is 30.8 Å². The number of amides is 1. The summed E-state index contributed by atoms with van der Waals surface area (Å²) >= 11 is 0. The molecular formula is C19H16FN9O2. The van der Waals surface area contributed by atoms with Gasteiger partial charge in [-0.2, -0.15) is 0 Å². The van der Waals surface area contributed by atoms with Crippen molar-refractivity contribution in [3.63, 3.8) is 0 Å². The number of anilines is 1. The van der Waals surface area contributed by atoms with E-state index in [0.29, 0.717) is 41.4 Å². The highest BCUT2D eigenvalue weighted by atomic mass is 19.1. The molecule has 1 fully saturated rings. The quantitative estimate of drug-likeness (QED) is 0.478. The van der Waals surface area contributed by atoms with Crippen LogP contribution in [0.1, 0.15) is 0 Å². The fraction of sp³-hybridized carbons (Fsp3) is 0.211. The Balaban J connectivity index is 1.34. The van der Waals surface area contributed by atoms with Crippen molar-refractivity contribution in [3.05, 3.63) is 54.7 Å². The second-order valence-electron chi connectivity index (χ2n) is 6.96. The average Bonchev–Trinajstić information content (AvgIpc) is 3.50. The van der Waals surface area contributed by atoms with Crippen LogP contribution in [0.4, 0.5) is 14.9 Å². The summed E-state index contributed by atoms with van der Waals surface area (Å²) < 4.78 is 23.3. The molecule has 1 atom stereocenters. The molecule has 3 aromatic heterocycles. The van der Waals surface area contributed by atoms with Gasteiger partial charge in [0.25, 0.3) is 0 Å². The lowest BCUT2D eigenvalue weighted by Crippen LogP contribution is -2.26. The molecule has 0 aliphatic carbocycles. The van der Waals surface area contributed by atoms with E-state index >= 15 is 0 Å². The number of tetrazole rings is 1. The third-order valence-electron chi connectivity index (χ3n) is 4.92. The van der Waals surface area contributed by atoms with Gasteiger partial charge >= 0.3 is 6.09 Å². The zero-order chi connectivity index (χ0) is 21.4. The van der Waals surface area contributed by atoms with E-state index in [4.69, 9.17) is 4.74 Å². The van der Waals surface area contributed by atoms with E-state index in [1.165, 1.54) is 15.6 Å². The molecule has 4 aromatic rings. The Morgan fingerprint density at radius 3 is 2.81 bits per heavy atom. The summed E-state index contributed by atoms with van der Waals surface area (Å²) in [6, 6.07) is 8.07. The molecule has 1 saturated heterocycles. The molecule has 0 bridgehead atoms. The lowest BCUT2D eigenvalue weighted by molar-refractivity contribution is 0.129. The van der Waals surface area contributed by atoms with Gasteiger partial charge in [-0.25, -0.2) is 18.5 Å². The molecule has 12 heteroatoms. The number of aryl methyl sites for hydroxylation is 1. The predicted octanol–water partition coefficient (Wildman–Crippen LogP) is 1.70. The second kappa shape index (κ2) is 7.55. The molecule has 1 aromatic carbocycles. The monoisotopic (exact) mass is 421 g/mol. The number of cyclic esters (lactones) is 1. The Labute approximate surface area is 175 Å². The van der Waals surface area contributed by atoms with Crippen LogP contribution in [0.3, 0.4) is 0 Å². The highest BCUT2D eigenvalue weighted by Crippen LogP contribution is 2.29. The summed E-state index contributed by atoms with van der Waals surface area (Å²) in [6.07, 6.45) is 3.86. The second-order valence-corrected chi connectivity index (χ2v) is 6.96. The number of rotatable bonds is 5. The SMILES string of the molecule is Cn1nnnc1-c1ccc(-c2ccc(N3CC(Cn4ccnn4)OC3=O)cc2F)cn1. The van der Waals surface area contributed by atoms with Crippen LogP contribution >= 0.6 is 0 Å². The van der Waals surface area contributed by atoms with Crippen LogP contribution in [0, 0.1) is 5.82 Å². The summed E-state index contributed by atoms with van der Waals surface area (Å²) in [5.41, 5.74) is 1.95. The van der Waals surface area contributed by atoms with E-state index in [1.54, 1.807) is 54.6 Å². The van der Waals surface area contributed by atoms with Crippen LogP contribution in [0.25, 0.3) is 22.6 Å². The summed E-state index contributed by atoms with van der Waals surface area (Å²) in [5.74, 6) is 0.0373. The normalized spacial score (nSPS) is 16.0. The molecule has 5 rings (SSSR count). The van der Waals surface area contributed by atoms with Gasteiger partial charge in [0.05, 0.1) is 25.0 Å². The Morgan fingerprint density at radius 1 is 1.23 bits per heavy atom. The summed E-state index contributed by atoms with van der Waals surface area (Å²) in [6.45, 7) is 0.668. The molecule has 1 aliphatic heterocycles. The van der Waals surface area contributed by atoms with Crippen LogP contribution in [0.2, 0.25) is 0 Å². The molecular weight excluding hydrogens is 405 g/mol. The minimum absolute atomic E-state index is 0.291. The van der Waals surface area contributed by atoms with Crippen LogP contribution < -0.4 is 4.90 Å². The third-order valence-corrected chi connectivity index (χ3v) is 4.92. The standard InChI is InChI=1S/C19H16FN9O2/c1-27-18(23-24-26-27)17-5-2-12(9-21-17)15-4-3-13(8-16(15)20)29-11-14(31-19(29)30)10-28-7-6-22-25-28/h2-9,14H,10-11H2,1H3. The number of pyridine rings is 1. The van der Waals surface area contributed by atoms with Gasteiger partial charge in [-0.3, -0.25) is 9.88 Å². The highest BCUT2D eigenvalue weighted by Gasteiger charge is 2.33. The van der Waals surface area contributed by atoms with Gasteiger partial charge in [0, 0.05) is 30.6 Å². The molecule has 0 N–H and O–H groups in total. The van der Waals surface area contributed by atoms with Crippen molar-refractivity contribution in [1.82, 2.24) is 40.2 Å². The Hall–Kier alpha value is -4.22. The van der Waals surface area contributed by atoms with E-state index in [9.17, 15) is 9.18 Å². The summed E-state index contributed by atoms with van der Waals surface area (Å²) in [5, 5.41) is 18.9. The first kappa shape index (κ1) is 18.8. The molecule has 0 saturated carbocycles. The zero-order valence-electron chi connectivity index (χ0n) is 16.3. The van der Waals surface area contributed by atoms with Crippen LogP contribution in [0.5, 0.6) is 0 Å². The largest absolute Gasteiger partial charge is 0.442 e. The van der Waals surface area contributed by atoms with Gasteiger partial charge in [-0.05, 0) is 34.7 Å². The number of benzene rings is 1. The molecule has 31 heavy (non-hydrogen) atoms. The van der Waals surface area contributed by atoms with Crippen molar-refractivity contribution in [2.75, 3.05) is 11.4 Å². The van der Waals surface area contributed by atoms with Crippen LogP contribution in [-0.4, -0.2) is 58.9 Å². The molecule has 0 spiro atoms. The lowest BCUT2D eigenvalue weighted by atomic mass is 10.1. The zero-order valence-corrected chi connectivity index (χ0v) is 16.3. The van der Waals surface area contributed by atoms with Gasteiger partial charge < -0.3 is 4.74 Å². The van der Waals surface area contributed by atoms with Gasteiger partial charge in [0.15, 0.2) is 5.82 Å². The Morgan fingerprint density at radius 2 is 2.13 bits per heavy atom. The Kier molecular flexibility index (Phi) is 4.58. The van der Waals surface area contributed by atoms with E-state index in [1.807, 2.05) is 0 Å². The molecule has 156 valence electrons. The number of nitrogens with zero attached hydrogens (tertiary/aromatic N) is 9.